The first-order valence-electron chi connectivity index (χ1n) is 7.10. The van der Waals surface area contributed by atoms with Crippen molar-refractivity contribution in [2.24, 2.45) is 17.6 Å². The van der Waals surface area contributed by atoms with Gasteiger partial charge in [-0.05, 0) is 42.9 Å². The zero-order valence-electron chi connectivity index (χ0n) is 12.2. The van der Waals surface area contributed by atoms with Crippen LogP contribution in [0.4, 0.5) is 4.39 Å². The molecule has 0 heterocycles. The van der Waals surface area contributed by atoms with Crippen LogP contribution in [-0.4, -0.2) is 12.3 Å². The van der Waals surface area contributed by atoms with Crippen molar-refractivity contribution >= 4 is 17.4 Å². The van der Waals surface area contributed by atoms with Crippen molar-refractivity contribution < 1.29 is 9.18 Å². The lowest BCUT2D eigenvalue weighted by Crippen LogP contribution is -2.16. The largest absolute Gasteiger partial charge is 0.330 e. The Bertz CT molecular complexity index is 448. The molecule has 0 aliphatic carbocycles. The summed E-state index contributed by atoms with van der Waals surface area (Å²) in [6.07, 6.45) is 2.46. The first-order valence-corrected chi connectivity index (χ1v) is 7.48. The highest BCUT2D eigenvalue weighted by atomic mass is 35.5. The van der Waals surface area contributed by atoms with E-state index in [1.54, 1.807) is 12.1 Å². The van der Waals surface area contributed by atoms with E-state index in [1.807, 2.05) is 0 Å². The van der Waals surface area contributed by atoms with Gasteiger partial charge in [-0.25, -0.2) is 4.39 Å². The van der Waals surface area contributed by atoms with Gasteiger partial charge < -0.3 is 5.73 Å². The molecular weight excluding hydrogens is 277 g/mol. The molecule has 1 rings (SSSR count). The maximum atomic E-state index is 13.3. The molecule has 2 nitrogen and oxygen atoms in total. The van der Waals surface area contributed by atoms with E-state index in [-0.39, 0.29) is 17.2 Å². The molecule has 0 amide bonds. The smallest absolute Gasteiger partial charge is 0.142 e. The normalized spacial score (nSPS) is 12.7. The predicted molar refractivity (Wildman–Crippen MR) is 81.4 cm³/mol. The Labute approximate surface area is 125 Å². The summed E-state index contributed by atoms with van der Waals surface area (Å²) in [5.74, 6) is 0.608. The minimum absolute atomic E-state index is 0.0585. The van der Waals surface area contributed by atoms with Crippen molar-refractivity contribution in [2.75, 3.05) is 6.54 Å². The second-order valence-corrected chi connectivity index (χ2v) is 5.93. The number of benzene rings is 1. The topological polar surface area (TPSA) is 43.1 Å². The number of hydrogen-bond donors (Lipinski definition) is 1. The van der Waals surface area contributed by atoms with Crippen molar-refractivity contribution in [2.45, 2.75) is 39.5 Å². The fraction of sp³-hybridized carbons (Fsp3) is 0.562. The summed E-state index contributed by atoms with van der Waals surface area (Å²) in [5, 5.41) is 0.0585. The molecule has 1 atom stereocenters. The summed E-state index contributed by atoms with van der Waals surface area (Å²) in [7, 11) is 0. The first kappa shape index (κ1) is 17.1. The number of halogens is 2. The fourth-order valence-electron chi connectivity index (χ4n) is 2.36. The molecule has 0 saturated carbocycles. The molecule has 0 radical (unpaired) electrons. The van der Waals surface area contributed by atoms with Crippen LogP contribution in [0.1, 0.15) is 38.7 Å². The van der Waals surface area contributed by atoms with Crippen LogP contribution in [0, 0.1) is 17.7 Å². The van der Waals surface area contributed by atoms with E-state index in [0.29, 0.717) is 30.4 Å². The highest BCUT2D eigenvalue weighted by molar-refractivity contribution is 6.31. The molecule has 1 aromatic carbocycles. The summed E-state index contributed by atoms with van der Waals surface area (Å²) < 4.78 is 13.3. The van der Waals surface area contributed by atoms with Gasteiger partial charge in [-0.3, -0.25) is 4.79 Å². The summed E-state index contributed by atoms with van der Waals surface area (Å²) in [5.41, 5.74) is 6.16. The maximum absolute atomic E-state index is 13.3. The number of Topliss-reactive ketones (excluding diaryl/α,β-unsaturated/α-hetero) is 1. The minimum Gasteiger partial charge on any atom is -0.330 e. The fourth-order valence-corrected chi connectivity index (χ4v) is 2.55. The molecular formula is C16H23ClFNO. The van der Waals surface area contributed by atoms with Gasteiger partial charge in [-0.1, -0.05) is 37.6 Å². The Hall–Kier alpha value is -0.930. The van der Waals surface area contributed by atoms with E-state index in [2.05, 4.69) is 13.8 Å². The number of carbonyl (C=O) groups is 1. The lowest BCUT2D eigenvalue weighted by atomic mass is 9.87. The molecule has 0 aromatic heterocycles. The highest BCUT2D eigenvalue weighted by Crippen LogP contribution is 2.23. The number of hydrogen-bond acceptors (Lipinski definition) is 2. The first-order chi connectivity index (χ1) is 9.45. The molecule has 0 bridgehead atoms. The van der Waals surface area contributed by atoms with Crippen molar-refractivity contribution in [3.8, 4) is 0 Å². The van der Waals surface area contributed by atoms with E-state index in [0.717, 1.165) is 12.8 Å². The number of ketones is 1. The van der Waals surface area contributed by atoms with E-state index >= 15 is 0 Å². The Morgan fingerprint density at radius 3 is 2.65 bits per heavy atom. The SMILES string of the molecule is CC(C)C(CCN)CCC(=O)Cc1cccc(F)c1Cl. The monoisotopic (exact) mass is 299 g/mol. The van der Waals surface area contributed by atoms with Crippen LogP contribution >= 0.6 is 11.6 Å². The van der Waals surface area contributed by atoms with Gasteiger partial charge in [-0.2, -0.15) is 0 Å². The Kier molecular flexibility index (Phi) is 7.17. The Morgan fingerprint density at radius 2 is 2.05 bits per heavy atom. The average Bonchev–Trinajstić information content (AvgIpc) is 2.39. The average molecular weight is 300 g/mol. The molecule has 112 valence electrons. The van der Waals surface area contributed by atoms with Crippen molar-refractivity contribution in [3.63, 3.8) is 0 Å². The zero-order chi connectivity index (χ0) is 15.1. The summed E-state index contributed by atoms with van der Waals surface area (Å²) in [6, 6.07) is 4.57. The van der Waals surface area contributed by atoms with Gasteiger partial charge in [0.15, 0.2) is 0 Å². The van der Waals surface area contributed by atoms with Crippen molar-refractivity contribution in [1.29, 1.82) is 0 Å². The lowest BCUT2D eigenvalue weighted by Gasteiger charge is -2.19. The molecule has 4 heteroatoms. The number of nitrogens with two attached hydrogens (primary N) is 1. The molecule has 1 aromatic rings. The molecule has 0 spiro atoms. The summed E-state index contributed by atoms with van der Waals surface area (Å²) in [4.78, 5) is 12.0. The maximum Gasteiger partial charge on any atom is 0.142 e. The van der Waals surface area contributed by atoms with Gasteiger partial charge in [0, 0.05) is 12.8 Å². The Morgan fingerprint density at radius 1 is 1.35 bits per heavy atom. The third-order valence-corrected chi connectivity index (χ3v) is 4.12. The van der Waals surface area contributed by atoms with E-state index in [9.17, 15) is 9.18 Å². The van der Waals surface area contributed by atoms with Crippen molar-refractivity contribution in [1.82, 2.24) is 0 Å². The van der Waals surface area contributed by atoms with E-state index in [1.165, 1.54) is 6.07 Å². The molecule has 2 N–H and O–H groups in total. The molecule has 0 aliphatic rings. The molecule has 0 fully saturated rings. The lowest BCUT2D eigenvalue weighted by molar-refractivity contribution is -0.118. The second-order valence-electron chi connectivity index (χ2n) is 5.55. The van der Waals surface area contributed by atoms with Crippen LogP contribution in [-0.2, 0) is 11.2 Å². The number of rotatable bonds is 8. The Balaban J connectivity index is 2.53. The van der Waals surface area contributed by atoms with E-state index in [4.69, 9.17) is 17.3 Å². The van der Waals surface area contributed by atoms with Gasteiger partial charge in [0.05, 0.1) is 5.02 Å². The highest BCUT2D eigenvalue weighted by Gasteiger charge is 2.16. The molecule has 0 saturated heterocycles. The molecule has 0 aliphatic heterocycles. The minimum atomic E-state index is -0.472. The zero-order valence-corrected chi connectivity index (χ0v) is 12.9. The number of carbonyl (C=O) groups excluding carboxylic acids is 1. The van der Waals surface area contributed by atoms with Crippen LogP contribution in [0.3, 0.4) is 0 Å². The summed E-state index contributed by atoms with van der Waals surface area (Å²) >= 11 is 5.86. The van der Waals surface area contributed by atoms with Gasteiger partial charge in [0.25, 0.3) is 0 Å². The summed E-state index contributed by atoms with van der Waals surface area (Å²) in [6.45, 7) is 4.94. The van der Waals surface area contributed by atoms with Crippen LogP contribution < -0.4 is 5.73 Å². The van der Waals surface area contributed by atoms with E-state index < -0.39 is 5.82 Å². The van der Waals surface area contributed by atoms with Crippen molar-refractivity contribution in [3.05, 3.63) is 34.6 Å². The third kappa shape index (κ3) is 5.22. The van der Waals surface area contributed by atoms with Crippen LogP contribution in [0.2, 0.25) is 5.02 Å². The third-order valence-electron chi connectivity index (χ3n) is 3.69. The van der Waals surface area contributed by atoms with Crippen LogP contribution in [0.25, 0.3) is 0 Å². The van der Waals surface area contributed by atoms with Gasteiger partial charge in [-0.15, -0.1) is 0 Å². The van der Waals surface area contributed by atoms with Gasteiger partial charge in [0.1, 0.15) is 11.6 Å². The molecule has 20 heavy (non-hydrogen) atoms. The molecule has 1 unspecified atom stereocenters. The van der Waals surface area contributed by atoms with Crippen LogP contribution in [0.15, 0.2) is 18.2 Å². The van der Waals surface area contributed by atoms with Gasteiger partial charge in [0.2, 0.25) is 0 Å². The second kappa shape index (κ2) is 8.38. The van der Waals surface area contributed by atoms with Crippen LogP contribution in [0.5, 0.6) is 0 Å². The standard InChI is InChI=1S/C16H23ClFNO/c1-11(2)12(8-9-19)6-7-14(20)10-13-4-3-5-15(18)16(13)17/h3-5,11-12H,6-10,19H2,1-2H3. The quantitative estimate of drug-likeness (QED) is 0.788. The predicted octanol–water partition coefficient (Wildman–Crippen LogP) is 3.99. The van der Waals surface area contributed by atoms with Gasteiger partial charge >= 0.3 is 0 Å².